The zero-order valence-electron chi connectivity index (χ0n) is 18.9. The van der Waals surface area contributed by atoms with Crippen LogP contribution < -0.4 is 5.32 Å². The number of amides is 2. The maximum Gasteiger partial charge on any atom is 0.245 e. The van der Waals surface area contributed by atoms with E-state index in [4.69, 9.17) is 16.7 Å². The molecule has 0 unspecified atom stereocenters. The first-order valence-corrected chi connectivity index (χ1v) is 11.0. The van der Waals surface area contributed by atoms with Gasteiger partial charge in [-0.2, -0.15) is 5.10 Å². The van der Waals surface area contributed by atoms with Crippen LogP contribution in [0.1, 0.15) is 39.0 Å². The summed E-state index contributed by atoms with van der Waals surface area (Å²) in [5.41, 5.74) is 2.35. The van der Waals surface area contributed by atoms with Crippen molar-refractivity contribution in [2.75, 3.05) is 18.4 Å². The van der Waals surface area contributed by atoms with E-state index < -0.39 is 0 Å². The molecule has 2 amide bonds. The number of hydrogen-bond donors (Lipinski definition) is 1. The molecule has 1 N–H and O–H groups in total. The minimum absolute atomic E-state index is 0.0290. The minimum Gasteiger partial charge on any atom is -0.333 e. The molecule has 0 saturated carbocycles. The van der Waals surface area contributed by atoms with Gasteiger partial charge < -0.3 is 10.2 Å². The Bertz CT molecular complexity index is 1070. The average molecular weight is 453 g/mol. The van der Waals surface area contributed by atoms with Crippen LogP contribution in [0.15, 0.2) is 60.7 Å². The molecular formula is C25H29ClN4O2. The van der Waals surface area contributed by atoms with Crippen molar-refractivity contribution < 1.29 is 9.59 Å². The summed E-state index contributed by atoms with van der Waals surface area (Å²) < 4.78 is 1.69. The molecule has 168 valence electrons. The highest BCUT2D eigenvalue weighted by molar-refractivity contribution is 6.30. The Morgan fingerprint density at radius 3 is 2.31 bits per heavy atom. The van der Waals surface area contributed by atoms with Crippen molar-refractivity contribution in [3.8, 4) is 5.69 Å². The molecule has 7 heteroatoms. The first-order valence-electron chi connectivity index (χ1n) is 10.7. The number of halogens is 1. The Morgan fingerprint density at radius 1 is 1.06 bits per heavy atom. The molecule has 0 saturated heterocycles. The first-order chi connectivity index (χ1) is 15.2. The Kier molecular flexibility index (Phi) is 7.36. The number of nitrogens with zero attached hydrogens (tertiary/aromatic N) is 3. The summed E-state index contributed by atoms with van der Waals surface area (Å²) in [6.45, 7) is 8.48. The first kappa shape index (κ1) is 23.5. The molecular weight excluding hydrogens is 424 g/mol. The van der Waals surface area contributed by atoms with Gasteiger partial charge in [0.15, 0.2) is 0 Å². The van der Waals surface area contributed by atoms with Crippen molar-refractivity contribution in [1.82, 2.24) is 14.7 Å². The van der Waals surface area contributed by atoms with Gasteiger partial charge in [-0.15, -0.1) is 0 Å². The zero-order chi connectivity index (χ0) is 23.3. The van der Waals surface area contributed by atoms with Gasteiger partial charge in [0.05, 0.1) is 24.3 Å². The van der Waals surface area contributed by atoms with Crippen LogP contribution in [0.4, 0.5) is 5.82 Å². The smallest absolute Gasteiger partial charge is 0.245 e. The molecule has 0 fully saturated rings. The number of rotatable bonds is 7. The number of likely N-dealkylation sites (N-methyl/N-ethyl adjacent to an activating group) is 1. The molecule has 0 atom stereocenters. The lowest BCUT2D eigenvalue weighted by atomic mass is 9.92. The molecule has 2 aromatic carbocycles. The van der Waals surface area contributed by atoms with Crippen LogP contribution in [0.2, 0.25) is 5.02 Å². The van der Waals surface area contributed by atoms with Crippen molar-refractivity contribution in [2.24, 2.45) is 0 Å². The average Bonchev–Trinajstić information content (AvgIpc) is 3.17. The highest BCUT2D eigenvalue weighted by Crippen LogP contribution is 2.26. The second-order valence-electron chi connectivity index (χ2n) is 8.67. The number of nitrogens with one attached hydrogen (secondary N) is 1. The summed E-state index contributed by atoms with van der Waals surface area (Å²) in [5.74, 6) is 0.188. The topological polar surface area (TPSA) is 67.2 Å². The van der Waals surface area contributed by atoms with Crippen molar-refractivity contribution in [3.63, 3.8) is 0 Å². The van der Waals surface area contributed by atoms with Gasteiger partial charge in [-0.1, -0.05) is 62.7 Å². The maximum atomic E-state index is 12.9. The molecule has 32 heavy (non-hydrogen) atoms. The number of carbonyl (C=O) groups excluding carboxylic acids is 2. The van der Waals surface area contributed by atoms with E-state index in [1.54, 1.807) is 21.7 Å². The summed E-state index contributed by atoms with van der Waals surface area (Å²) in [6.07, 6.45) is 0.263. The lowest BCUT2D eigenvalue weighted by molar-refractivity contribution is -0.133. The van der Waals surface area contributed by atoms with Gasteiger partial charge in [-0.05, 0) is 36.8 Å². The number of carbonyl (C=O) groups is 2. The summed E-state index contributed by atoms with van der Waals surface area (Å²) >= 11 is 6.03. The van der Waals surface area contributed by atoms with Gasteiger partial charge in [-0.25, -0.2) is 4.68 Å². The molecule has 1 heterocycles. The molecule has 6 nitrogen and oxygen atoms in total. The standard InChI is InChI=1S/C25H29ClN4O2/c1-5-29(24(32)15-18-9-7-6-8-10-18)17-23(31)27-22-16-21(25(2,3)4)28-30(22)20-13-11-19(26)12-14-20/h6-14,16H,5,15,17H2,1-4H3,(H,27,31). The third kappa shape index (κ3) is 5.98. The molecule has 0 bridgehead atoms. The number of anilines is 1. The lowest BCUT2D eigenvalue weighted by Gasteiger charge is -2.20. The molecule has 0 spiro atoms. The fourth-order valence-electron chi connectivity index (χ4n) is 3.23. The van der Waals surface area contributed by atoms with E-state index in [1.165, 1.54) is 0 Å². The van der Waals surface area contributed by atoms with Crippen LogP contribution in [-0.2, 0) is 21.4 Å². The lowest BCUT2D eigenvalue weighted by Crippen LogP contribution is -2.38. The van der Waals surface area contributed by atoms with E-state index in [2.05, 4.69) is 26.1 Å². The van der Waals surface area contributed by atoms with Gasteiger partial charge in [-0.3, -0.25) is 9.59 Å². The van der Waals surface area contributed by atoms with Gasteiger partial charge in [0.25, 0.3) is 0 Å². The van der Waals surface area contributed by atoms with Gasteiger partial charge in [0.2, 0.25) is 11.8 Å². The van der Waals surface area contributed by atoms with Crippen molar-refractivity contribution in [3.05, 3.63) is 76.9 Å². The summed E-state index contributed by atoms with van der Waals surface area (Å²) in [4.78, 5) is 27.1. The van der Waals surface area contributed by atoms with Crippen LogP contribution in [0.25, 0.3) is 5.69 Å². The highest BCUT2D eigenvalue weighted by Gasteiger charge is 2.23. The van der Waals surface area contributed by atoms with E-state index in [9.17, 15) is 9.59 Å². The third-order valence-electron chi connectivity index (χ3n) is 5.08. The molecule has 1 aromatic heterocycles. The summed E-state index contributed by atoms with van der Waals surface area (Å²) in [5, 5.41) is 8.26. The van der Waals surface area contributed by atoms with E-state index in [0.717, 1.165) is 16.9 Å². The fraction of sp³-hybridized carbons (Fsp3) is 0.320. The minimum atomic E-state index is -0.274. The van der Waals surface area contributed by atoms with E-state index in [0.29, 0.717) is 17.4 Å². The second kappa shape index (κ2) is 10.0. The SMILES string of the molecule is CCN(CC(=O)Nc1cc(C(C)(C)C)nn1-c1ccc(Cl)cc1)C(=O)Cc1ccccc1. The van der Waals surface area contributed by atoms with E-state index >= 15 is 0 Å². The number of aromatic nitrogens is 2. The normalized spacial score (nSPS) is 11.3. The number of hydrogen-bond acceptors (Lipinski definition) is 3. The molecule has 0 aliphatic heterocycles. The zero-order valence-corrected chi connectivity index (χ0v) is 19.7. The van der Waals surface area contributed by atoms with Crippen molar-refractivity contribution in [1.29, 1.82) is 0 Å². The van der Waals surface area contributed by atoms with Gasteiger partial charge in [0.1, 0.15) is 5.82 Å². The van der Waals surface area contributed by atoms with Gasteiger partial charge in [0, 0.05) is 23.0 Å². The van der Waals surface area contributed by atoms with Crippen molar-refractivity contribution >= 4 is 29.2 Å². The largest absolute Gasteiger partial charge is 0.333 e. The van der Waals surface area contributed by atoms with Crippen LogP contribution in [0.3, 0.4) is 0 Å². The molecule has 3 aromatic rings. The van der Waals surface area contributed by atoms with Crippen LogP contribution in [0.5, 0.6) is 0 Å². The summed E-state index contributed by atoms with van der Waals surface area (Å²) in [7, 11) is 0. The second-order valence-corrected chi connectivity index (χ2v) is 9.11. The Morgan fingerprint density at radius 2 is 1.72 bits per heavy atom. The van der Waals surface area contributed by atoms with E-state index in [-0.39, 0.29) is 30.2 Å². The molecule has 0 aliphatic carbocycles. The van der Waals surface area contributed by atoms with Gasteiger partial charge >= 0.3 is 0 Å². The predicted octanol–water partition coefficient (Wildman–Crippen LogP) is 4.85. The Hall–Kier alpha value is -3.12. The van der Waals surface area contributed by atoms with Crippen LogP contribution >= 0.6 is 11.6 Å². The molecule has 3 rings (SSSR count). The molecule has 0 aliphatic rings. The Labute approximate surface area is 194 Å². The Balaban J connectivity index is 1.77. The van der Waals surface area contributed by atoms with Crippen LogP contribution in [-0.4, -0.2) is 39.6 Å². The molecule has 0 radical (unpaired) electrons. The predicted molar refractivity (Wildman–Crippen MR) is 128 cm³/mol. The number of benzene rings is 2. The van der Waals surface area contributed by atoms with Crippen LogP contribution in [0, 0.1) is 0 Å². The quantitative estimate of drug-likeness (QED) is 0.557. The van der Waals surface area contributed by atoms with E-state index in [1.807, 2.05) is 55.5 Å². The van der Waals surface area contributed by atoms with Crippen molar-refractivity contribution in [2.45, 2.75) is 39.5 Å². The third-order valence-corrected chi connectivity index (χ3v) is 5.34. The maximum absolute atomic E-state index is 12.9. The fourth-order valence-corrected chi connectivity index (χ4v) is 3.36. The highest BCUT2D eigenvalue weighted by atomic mass is 35.5. The monoisotopic (exact) mass is 452 g/mol. The summed E-state index contributed by atoms with van der Waals surface area (Å²) in [6, 6.07) is 18.6.